The lowest BCUT2D eigenvalue weighted by Gasteiger charge is -2.10. The summed E-state index contributed by atoms with van der Waals surface area (Å²) >= 11 is 12.2. The zero-order chi connectivity index (χ0) is 28.8. The number of anilines is 3. The molecule has 8 nitrogen and oxygen atoms in total. The summed E-state index contributed by atoms with van der Waals surface area (Å²) in [6, 6.07) is 26.4. The molecule has 204 valence electrons. The molecule has 4 aromatic carbocycles. The number of hydrogen-bond donors (Lipinski definition) is 3. The van der Waals surface area contributed by atoms with Crippen LogP contribution in [0.5, 0.6) is 0 Å². The highest BCUT2D eigenvalue weighted by atomic mass is 35.5. The van der Waals surface area contributed by atoms with Crippen molar-refractivity contribution in [1.29, 1.82) is 0 Å². The number of hydrogen-bond acceptors (Lipinski definition) is 8. The van der Waals surface area contributed by atoms with E-state index in [4.69, 9.17) is 23.2 Å². The van der Waals surface area contributed by atoms with E-state index >= 15 is 0 Å². The van der Waals surface area contributed by atoms with Crippen molar-refractivity contribution in [3.63, 3.8) is 0 Å². The van der Waals surface area contributed by atoms with Crippen molar-refractivity contribution >= 4 is 52.8 Å². The first-order valence-electron chi connectivity index (χ1n) is 12.3. The number of carbonyl (C=O) groups excluding carboxylic acids is 1. The molecule has 0 aliphatic carbocycles. The minimum Gasteiger partial charge on any atom is -0.380 e. The zero-order valence-corrected chi connectivity index (χ0v) is 22.7. The topological polar surface area (TPSA) is 112 Å². The second-order valence-corrected chi connectivity index (χ2v) is 9.55. The van der Waals surface area contributed by atoms with Crippen molar-refractivity contribution in [2.75, 3.05) is 10.7 Å². The standard InChI is InChI=1S/C30H21Cl2FN6O2/c31-21-13-15-22(16-14-21)35-29-36-28(25-23(32)7-4-8-24(25)33)37-30(38-29)39-34-17-18-9-11-20(12-10-18)27(41)26(40)19-5-2-1-3-6-19/h1-17,26,40H,(H2,35,36,37,38,39). The molecule has 5 rings (SSSR count). The highest BCUT2D eigenvalue weighted by molar-refractivity contribution is 6.33. The van der Waals surface area contributed by atoms with Crippen LogP contribution in [0, 0.1) is 5.82 Å². The molecule has 0 spiro atoms. The quantitative estimate of drug-likeness (QED) is 0.0959. The van der Waals surface area contributed by atoms with Gasteiger partial charge in [-0.1, -0.05) is 83.9 Å². The number of nitrogens with one attached hydrogen (secondary N) is 2. The molecule has 0 saturated heterocycles. The summed E-state index contributed by atoms with van der Waals surface area (Å²) in [6.07, 6.45) is 0.238. The van der Waals surface area contributed by atoms with Gasteiger partial charge in [0, 0.05) is 16.3 Å². The maximum absolute atomic E-state index is 14.7. The summed E-state index contributed by atoms with van der Waals surface area (Å²) in [6.45, 7) is 0. The molecule has 0 amide bonds. The maximum atomic E-state index is 14.7. The Bertz CT molecular complexity index is 1680. The highest BCUT2D eigenvalue weighted by Gasteiger charge is 2.19. The SMILES string of the molecule is O=C(c1ccc(C=NNc2nc(Nc3ccc(Cl)cc3)nc(-c3c(F)cccc3Cl)n2)cc1)C(O)c1ccccc1. The molecular weight excluding hydrogens is 566 g/mol. The third-order valence-electron chi connectivity index (χ3n) is 5.86. The predicted octanol–water partition coefficient (Wildman–Crippen LogP) is 7.09. The van der Waals surface area contributed by atoms with Gasteiger partial charge in [-0.15, -0.1) is 0 Å². The Morgan fingerprint density at radius 2 is 1.56 bits per heavy atom. The van der Waals surface area contributed by atoms with Crippen molar-refractivity contribution in [1.82, 2.24) is 15.0 Å². The van der Waals surface area contributed by atoms with Crippen LogP contribution in [0.1, 0.15) is 27.6 Å². The molecule has 0 aliphatic heterocycles. The van der Waals surface area contributed by atoms with Crippen LogP contribution in [0.15, 0.2) is 102 Å². The van der Waals surface area contributed by atoms with Crippen molar-refractivity contribution in [2.45, 2.75) is 6.10 Å². The first-order valence-corrected chi connectivity index (χ1v) is 13.0. The molecule has 1 atom stereocenters. The number of Topliss-reactive ketones (excluding diaryl/α,β-unsaturated/α-hetero) is 1. The molecule has 0 aliphatic rings. The number of halogens is 3. The minimum absolute atomic E-state index is 0.00268. The lowest BCUT2D eigenvalue weighted by Crippen LogP contribution is -2.12. The Morgan fingerprint density at radius 3 is 2.27 bits per heavy atom. The van der Waals surface area contributed by atoms with Gasteiger partial charge in [0.2, 0.25) is 11.9 Å². The van der Waals surface area contributed by atoms with Gasteiger partial charge in [-0.2, -0.15) is 20.1 Å². The second kappa shape index (κ2) is 12.6. The van der Waals surface area contributed by atoms with Gasteiger partial charge in [-0.3, -0.25) is 4.79 Å². The van der Waals surface area contributed by atoms with Crippen molar-refractivity contribution in [3.8, 4) is 11.4 Å². The molecule has 1 heterocycles. The Morgan fingerprint density at radius 1 is 0.854 bits per heavy atom. The van der Waals surface area contributed by atoms with E-state index in [0.29, 0.717) is 27.4 Å². The van der Waals surface area contributed by atoms with Crippen LogP contribution < -0.4 is 10.7 Å². The molecule has 0 saturated carbocycles. The number of benzene rings is 4. The lowest BCUT2D eigenvalue weighted by molar-refractivity contribution is 0.0747. The first-order chi connectivity index (χ1) is 19.9. The van der Waals surface area contributed by atoms with Crippen LogP contribution in [0.4, 0.5) is 22.0 Å². The average Bonchev–Trinajstić information content (AvgIpc) is 2.98. The number of aliphatic hydroxyl groups is 1. The molecule has 3 N–H and O–H groups in total. The van der Waals surface area contributed by atoms with Gasteiger partial charge >= 0.3 is 0 Å². The Hall–Kier alpha value is -4.70. The number of aromatic nitrogens is 3. The van der Waals surface area contributed by atoms with Crippen molar-refractivity contribution in [3.05, 3.63) is 130 Å². The van der Waals surface area contributed by atoms with Crippen molar-refractivity contribution < 1.29 is 14.3 Å². The van der Waals surface area contributed by atoms with Crippen LogP contribution in [0.3, 0.4) is 0 Å². The highest BCUT2D eigenvalue weighted by Crippen LogP contribution is 2.29. The van der Waals surface area contributed by atoms with Gasteiger partial charge < -0.3 is 10.4 Å². The van der Waals surface area contributed by atoms with E-state index in [0.717, 1.165) is 0 Å². The lowest BCUT2D eigenvalue weighted by atomic mass is 9.99. The summed E-state index contributed by atoms with van der Waals surface area (Å²) in [4.78, 5) is 25.6. The van der Waals surface area contributed by atoms with Crippen LogP contribution >= 0.6 is 23.2 Å². The third kappa shape index (κ3) is 6.90. The number of rotatable bonds is 9. The fourth-order valence-electron chi connectivity index (χ4n) is 3.81. The van der Waals surface area contributed by atoms with E-state index in [-0.39, 0.29) is 28.3 Å². The summed E-state index contributed by atoms with van der Waals surface area (Å²) in [5, 5.41) is 18.3. The van der Waals surface area contributed by atoms with Crippen LogP contribution in [0.25, 0.3) is 11.4 Å². The number of nitrogens with zero attached hydrogens (tertiary/aromatic N) is 4. The fraction of sp³-hybridized carbons (Fsp3) is 0.0333. The van der Waals surface area contributed by atoms with Crippen molar-refractivity contribution in [2.24, 2.45) is 5.10 Å². The summed E-state index contributed by atoms with van der Waals surface area (Å²) in [5.41, 5.74) is 4.92. The molecule has 1 aromatic heterocycles. The van der Waals surface area contributed by atoms with Crippen LogP contribution in [-0.2, 0) is 0 Å². The Kier molecular flexibility index (Phi) is 8.59. The number of hydrazone groups is 1. The smallest absolute Gasteiger partial charge is 0.248 e. The molecule has 41 heavy (non-hydrogen) atoms. The zero-order valence-electron chi connectivity index (χ0n) is 21.2. The maximum Gasteiger partial charge on any atom is 0.248 e. The van der Waals surface area contributed by atoms with E-state index in [1.165, 1.54) is 24.4 Å². The number of ketones is 1. The van der Waals surface area contributed by atoms with Gasteiger partial charge in [0.05, 0.1) is 16.8 Å². The number of carbonyl (C=O) groups is 1. The minimum atomic E-state index is -1.26. The van der Waals surface area contributed by atoms with Crippen LogP contribution in [0.2, 0.25) is 10.0 Å². The molecule has 1 unspecified atom stereocenters. The van der Waals surface area contributed by atoms with E-state index < -0.39 is 17.7 Å². The van der Waals surface area contributed by atoms with E-state index in [9.17, 15) is 14.3 Å². The molecule has 5 aromatic rings. The first kappa shape index (κ1) is 27.9. The summed E-state index contributed by atoms with van der Waals surface area (Å²) in [7, 11) is 0. The second-order valence-electron chi connectivity index (χ2n) is 8.70. The van der Waals surface area contributed by atoms with Gasteiger partial charge in [0.1, 0.15) is 11.9 Å². The molecular formula is C30H21Cl2FN6O2. The fourth-order valence-corrected chi connectivity index (χ4v) is 4.18. The monoisotopic (exact) mass is 586 g/mol. The van der Waals surface area contributed by atoms with Gasteiger partial charge in [-0.05, 0) is 47.5 Å². The van der Waals surface area contributed by atoms with Gasteiger partial charge in [-0.25, -0.2) is 9.82 Å². The molecule has 0 bridgehead atoms. The molecule has 0 radical (unpaired) electrons. The average molecular weight is 587 g/mol. The normalized spacial score (nSPS) is 11.8. The molecule has 11 heteroatoms. The van der Waals surface area contributed by atoms with Gasteiger partial charge in [0.25, 0.3) is 0 Å². The Balaban J connectivity index is 1.35. The Labute approximate surface area is 244 Å². The summed E-state index contributed by atoms with van der Waals surface area (Å²) in [5.74, 6) is -0.864. The molecule has 0 fully saturated rings. The predicted molar refractivity (Wildman–Crippen MR) is 158 cm³/mol. The van der Waals surface area contributed by atoms with Crippen LogP contribution in [-0.4, -0.2) is 32.1 Å². The van der Waals surface area contributed by atoms with Gasteiger partial charge in [0.15, 0.2) is 11.6 Å². The van der Waals surface area contributed by atoms with E-state index in [1.54, 1.807) is 72.8 Å². The summed E-state index contributed by atoms with van der Waals surface area (Å²) < 4.78 is 14.7. The number of aliphatic hydroxyl groups excluding tert-OH is 1. The largest absolute Gasteiger partial charge is 0.380 e. The van der Waals surface area contributed by atoms with E-state index in [1.807, 2.05) is 6.07 Å². The van der Waals surface area contributed by atoms with E-state index in [2.05, 4.69) is 30.8 Å². The third-order valence-corrected chi connectivity index (χ3v) is 6.43.